The van der Waals surface area contributed by atoms with Crippen LogP contribution in [-0.2, 0) is 0 Å². The molecule has 0 bridgehead atoms. The number of hydrogen-bond donors (Lipinski definition) is 0. The molecule has 3 nitrogen and oxygen atoms in total. The van der Waals surface area contributed by atoms with Gasteiger partial charge in [-0.3, -0.25) is 0 Å². The average Bonchev–Trinajstić information content (AvgIpc) is 2.92. The Bertz CT molecular complexity index is 751. The largest absolute Gasteiger partial charge is 0.334 e. The van der Waals surface area contributed by atoms with Gasteiger partial charge < -0.3 is 4.52 Å². The van der Waals surface area contributed by atoms with Crippen LogP contribution in [0.4, 0.5) is 0 Å². The van der Waals surface area contributed by atoms with Crippen LogP contribution in [0.1, 0.15) is 5.56 Å². The number of rotatable bonds is 2. The molecule has 1 heterocycles. The SMILES string of the molecule is Cc1ccc(-c2noc(-c3ccc(Cl)c(Cl)c3)n2)cc1. The van der Waals surface area contributed by atoms with Crippen LogP contribution >= 0.6 is 23.2 Å². The number of nitrogens with zero attached hydrogens (tertiary/aromatic N) is 2. The minimum Gasteiger partial charge on any atom is -0.334 e. The highest BCUT2D eigenvalue weighted by Gasteiger charge is 2.11. The van der Waals surface area contributed by atoms with Gasteiger partial charge in [-0.1, -0.05) is 58.2 Å². The van der Waals surface area contributed by atoms with Gasteiger partial charge in [0.05, 0.1) is 10.0 Å². The highest BCUT2D eigenvalue weighted by Crippen LogP contribution is 2.28. The zero-order valence-electron chi connectivity index (χ0n) is 10.6. The van der Waals surface area contributed by atoms with Crippen LogP contribution in [0, 0.1) is 6.92 Å². The van der Waals surface area contributed by atoms with E-state index in [1.54, 1.807) is 18.2 Å². The molecule has 0 amide bonds. The number of aryl methyl sites for hydroxylation is 1. The van der Waals surface area contributed by atoms with Gasteiger partial charge in [-0.2, -0.15) is 4.98 Å². The van der Waals surface area contributed by atoms with Crippen LogP contribution in [0.5, 0.6) is 0 Å². The minimum atomic E-state index is 0.416. The lowest BCUT2D eigenvalue weighted by Crippen LogP contribution is -1.82. The maximum absolute atomic E-state index is 5.98. The molecule has 0 saturated heterocycles. The third-order valence-corrected chi connectivity index (χ3v) is 3.64. The van der Waals surface area contributed by atoms with E-state index in [0.29, 0.717) is 21.8 Å². The van der Waals surface area contributed by atoms with E-state index in [-0.39, 0.29) is 0 Å². The molecule has 0 aliphatic carbocycles. The molecule has 5 heteroatoms. The van der Waals surface area contributed by atoms with E-state index in [1.165, 1.54) is 5.56 Å². The van der Waals surface area contributed by atoms with Gasteiger partial charge in [0.15, 0.2) is 0 Å². The molecule has 0 saturated carbocycles. The summed E-state index contributed by atoms with van der Waals surface area (Å²) >= 11 is 11.9. The fourth-order valence-electron chi connectivity index (χ4n) is 1.79. The maximum atomic E-state index is 5.98. The Morgan fingerprint density at radius 1 is 0.900 bits per heavy atom. The van der Waals surface area contributed by atoms with Gasteiger partial charge in [0, 0.05) is 11.1 Å². The lowest BCUT2D eigenvalue weighted by Gasteiger charge is -1.97. The third kappa shape index (κ3) is 2.55. The van der Waals surface area contributed by atoms with E-state index < -0.39 is 0 Å². The first kappa shape index (κ1) is 13.2. The van der Waals surface area contributed by atoms with Crippen LogP contribution < -0.4 is 0 Å². The molecule has 0 fully saturated rings. The minimum absolute atomic E-state index is 0.416. The van der Waals surface area contributed by atoms with E-state index in [9.17, 15) is 0 Å². The van der Waals surface area contributed by atoms with Crippen LogP contribution in [0.15, 0.2) is 47.0 Å². The molecular formula is C15H10Cl2N2O. The van der Waals surface area contributed by atoms with Gasteiger partial charge in [0.1, 0.15) is 0 Å². The Kier molecular flexibility index (Phi) is 3.47. The first-order valence-corrected chi connectivity index (χ1v) is 6.75. The second-order valence-corrected chi connectivity index (χ2v) is 5.23. The smallest absolute Gasteiger partial charge is 0.258 e. The maximum Gasteiger partial charge on any atom is 0.258 e. The van der Waals surface area contributed by atoms with Gasteiger partial charge in [0.2, 0.25) is 5.82 Å². The zero-order chi connectivity index (χ0) is 14.1. The standard InChI is InChI=1S/C15H10Cl2N2O/c1-9-2-4-10(5-3-9)14-18-15(20-19-14)11-6-7-12(16)13(17)8-11/h2-8H,1H3. The first-order chi connectivity index (χ1) is 9.63. The van der Waals surface area contributed by atoms with Crippen molar-refractivity contribution in [2.75, 3.05) is 0 Å². The molecule has 3 aromatic rings. The van der Waals surface area contributed by atoms with Gasteiger partial charge in [-0.25, -0.2) is 0 Å². The average molecular weight is 305 g/mol. The topological polar surface area (TPSA) is 38.9 Å². The molecule has 0 atom stereocenters. The molecule has 0 aliphatic rings. The van der Waals surface area contributed by atoms with Crippen LogP contribution in [0.3, 0.4) is 0 Å². The molecule has 20 heavy (non-hydrogen) atoms. The fraction of sp³-hybridized carbons (Fsp3) is 0.0667. The van der Waals surface area contributed by atoms with Crippen LogP contribution in [0.2, 0.25) is 10.0 Å². The van der Waals surface area contributed by atoms with E-state index in [0.717, 1.165) is 11.1 Å². The monoisotopic (exact) mass is 304 g/mol. The summed E-state index contributed by atoms with van der Waals surface area (Å²) in [7, 11) is 0. The van der Waals surface area contributed by atoms with Crippen molar-refractivity contribution in [3.63, 3.8) is 0 Å². The number of benzene rings is 2. The highest BCUT2D eigenvalue weighted by atomic mass is 35.5. The summed E-state index contributed by atoms with van der Waals surface area (Å²) in [4.78, 5) is 4.37. The zero-order valence-corrected chi connectivity index (χ0v) is 12.1. The normalized spacial score (nSPS) is 10.8. The summed E-state index contributed by atoms with van der Waals surface area (Å²) in [6.07, 6.45) is 0. The molecule has 0 radical (unpaired) electrons. The highest BCUT2D eigenvalue weighted by molar-refractivity contribution is 6.42. The van der Waals surface area contributed by atoms with Gasteiger partial charge in [-0.15, -0.1) is 0 Å². The van der Waals surface area contributed by atoms with Crippen molar-refractivity contribution in [2.24, 2.45) is 0 Å². The Morgan fingerprint density at radius 2 is 1.60 bits per heavy atom. The summed E-state index contributed by atoms with van der Waals surface area (Å²) in [5, 5.41) is 4.93. The van der Waals surface area contributed by atoms with Crippen LogP contribution in [-0.4, -0.2) is 10.1 Å². The van der Waals surface area contributed by atoms with Crippen molar-refractivity contribution in [3.8, 4) is 22.8 Å². The Hall–Kier alpha value is -1.84. The third-order valence-electron chi connectivity index (χ3n) is 2.90. The molecule has 3 rings (SSSR count). The number of halogens is 2. The van der Waals surface area contributed by atoms with Crippen molar-refractivity contribution < 1.29 is 4.52 Å². The molecule has 0 spiro atoms. The van der Waals surface area contributed by atoms with Crippen molar-refractivity contribution in [1.82, 2.24) is 10.1 Å². The van der Waals surface area contributed by atoms with Gasteiger partial charge >= 0.3 is 0 Å². The van der Waals surface area contributed by atoms with Crippen molar-refractivity contribution in [1.29, 1.82) is 0 Å². The Morgan fingerprint density at radius 3 is 2.30 bits per heavy atom. The second-order valence-electron chi connectivity index (χ2n) is 4.42. The predicted octanol–water partition coefficient (Wildman–Crippen LogP) is 5.02. The predicted molar refractivity (Wildman–Crippen MR) is 79.9 cm³/mol. The van der Waals surface area contributed by atoms with Gasteiger partial charge in [0.25, 0.3) is 5.89 Å². The van der Waals surface area contributed by atoms with Crippen LogP contribution in [0.25, 0.3) is 22.8 Å². The number of aromatic nitrogens is 2. The summed E-state index contributed by atoms with van der Waals surface area (Å²) in [5.74, 6) is 0.963. The summed E-state index contributed by atoms with van der Waals surface area (Å²) in [6.45, 7) is 2.03. The lowest BCUT2D eigenvalue weighted by molar-refractivity contribution is 0.432. The quantitative estimate of drug-likeness (QED) is 0.667. The van der Waals surface area contributed by atoms with Gasteiger partial charge in [-0.05, 0) is 25.1 Å². The molecule has 0 unspecified atom stereocenters. The Balaban J connectivity index is 1.97. The molecule has 2 aromatic carbocycles. The van der Waals surface area contributed by atoms with E-state index in [2.05, 4.69) is 10.1 Å². The molecule has 0 N–H and O–H groups in total. The van der Waals surface area contributed by atoms with E-state index in [1.807, 2.05) is 31.2 Å². The van der Waals surface area contributed by atoms with E-state index in [4.69, 9.17) is 27.7 Å². The lowest BCUT2D eigenvalue weighted by atomic mass is 10.1. The van der Waals surface area contributed by atoms with Crippen molar-refractivity contribution in [3.05, 3.63) is 58.1 Å². The van der Waals surface area contributed by atoms with Crippen molar-refractivity contribution >= 4 is 23.2 Å². The van der Waals surface area contributed by atoms with E-state index >= 15 is 0 Å². The first-order valence-electron chi connectivity index (χ1n) is 5.99. The summed E-state index contributed by atoms with van der Waals surface area (Å²) in [5.41, 5.74) is 2.83. The molecule has 100 valence electrons. The molecule has 0 aliphatic heterocycles. The summed E-state index contributed by atoms with van der Waals surface area (Å²) in [6, 6.07) is 13.1. The number of hydrogen-bond acceptors (Lipinski definition) is 3. The second kappa shape index (κ2) is 5.27. The van der Waals surface area contributed by atoms with Crippen molar-refractivity contribution in [2.45, 2.75) is 6.92 Å². The Labute approximate surface area is 126 Å². The fourth-order valence-corrected chi connectivity index (χ4v) is 2.09. The molecule has 1 aromatic heterocycles. The molecular weight excluding hydrogens is 295 g/mol. The summed E-state index contributed by atoms with van der Waals surface area (Å²) < 4.78 is 5.27.